The van der Waals surface area contributed by atoms with E-state index in [0.29, 0.717) is 23.7 Å². The maximum atomic E-state index is 12.0. The first kappa shape index (κ1) is 12.8. The summed E-state index contributed by atoms with van der Waals surface area (Å²) in [6.07, 6.45) is 3.99. The highest BCUT2D eigenvalue weighted by molar-refractivity contribution is 5.76. The van der Waals surface area contributed by atoms with Crippen LogP contribution in [0.15, 0.2) is 0 Å². The lowest BCUT2D eigenvalue weighted by atomic mass is 9.73. The first-order chi connectivity index (χ1) is 8.01. The van der Waals surface area contributed by atoms with E-state index in [-0.39, 0.29) is 0 Å². The Morgan fingerprint density at radius 3 is 2.35 bits per heavy atom. The first-order valence-corrected chi connectivity index (χ1v) is 6.78. The lowest BCUT2D eigenvalue weighted by Gasteiger charge is -2.52. The number of likely N-dealkylation sites (tertiary alicyclic amines) is 1. The smallest absolute Gasteiger partial charge is 0.222 e. The quantitative estimate of drug-likeness (QED) is 0.753. The van der Waals surface area contributed by atoms with Crippen molar-refractivity contribution in [3.05, 3.63) is 0 Å². The highest BCUT2D eigenvalue weighted by atomic mass is 16.2. The topological polar surface area (TPSA) is 49.6 Å². The van der Waals surface area contributed by atoms with Crippen molar-refractivity contribution in [2.45, 2.75) is 39.5 Å². The predicted octanol–water partition coefficient (Wildman–Crippen LogP) is 1.22. The van der Waals surface area contributed by atoms with Crippen molar-refractivity contribution in [2.24, 2.45) is 17.2 Å². The number of hydrogen-bond donors (Lipinski definition) is 1. The first-order valence-electron chi connectivity index (χ1n) is 6.78. The van der Waals surface area contributed by atoms with E-state index >= 15 is 0 Å². The number of amides is 1. The molecule has 2 fully saturated rings. The van der Waals surface area contributed by atoms with E-state index in [4.69, 9.17) is 5.84 Å². The van der Waals surface area contributed by atoms with Gasteiger partial charge in [-0.05, 0) is 25.2 Å². The van der Waals surface area contributed by atoms with Gasteiger partial charge in [-0.25, -0.2) is 5.01 Å². The van der Waals surface area contributed by atoms with Crippen molar-refractivity contribution in [1.82, 2.24) is 9.91 Å². The highest BCUT2D eigenvalue weighted by Gasteiger charge is 2.44. The Morgan fingerprint density at radius 2 is 1.88 bits per heavy atom. The van der Waals surface area contributed by atoms with Gasteiger partial charge in [0, 0.05) is 38.0 Å². The zero-order valence-corrected chi connectivity index (χ0v) is 11.1. The monoisotopic (exact) mass is 239 g/mol. The maximum absolute atomic E-state index is 12.0. The number of nitrogens with two attached hydrogens (primary N) is 1. The average Bonchev–Trinajstić information content (AvgIpc) is 2.25. The van der Waals surface area contributed by atoms with Crippen LogP contribution in [0.1, 0.15) is 39.5 Å². The Bertz CT molecular complexity index is 274. The molecule has 2 N–H and O–H groups in total. The van der Waals surface area contributed by atoms with Gasteiger partial charge < -0.3 is 4.90 Å². The number of rotatable bonds is 3. The number of carbonyl (C=O) groups excluding carboxylic acids is 1. The van der Waals surface area contributed by atoms with Crippen molar-refractivity contribution >= 4 is 5.91 Å². The molecule has 0 saturated carbocycles. The van der Waals surface area contributed by atoms with Gasteiger partial charge in [-0.15, -0.1) is 0 Å². The molecule has 2 aliphatic rings. The molecule has 0 unspecified atom stereocenters. The molecule has 2 saturated heterocycles. The molecule has 98 valence electrons. The molecule has 4 heteroatoms. The van der Waals surface area contributed by atoms with Crippen molar-refractivity contribution in [3.8, 4) is 0 Å². The molecular formula is C13H25N3O. The van der Waals surface area contributed by atoms with Crippen LogP contribution in [0.2, 0.25) is 0 Å². The summed E-state index contributed by atoms with van der Waals surface area (Å²) in [6, 6.07) is 0. The van der Waals surface area contributed by atoms with Crippen molar-refractivity contribution in [3.63, 3.8) is 0 Å². The van der Waals surface area contributed by atoms with E-state index in [9.17, 15) is 4.79 Å². The Hall–Kier alpha value is -0.610. The number of piperidine rings is 1. The van der Waals surface area contributed by atoms with Crippen LogP contribution in [0.5, 0.6) is 0 Å². The summed E-state index contributed by atoms with van der Waals surface area (Å²) < 4.78 is 0. The molecule has 1 spiro atoms. The fourth-order valence-electron chi connectivity index (χ4n) is 2.93. The molecule has 0 aliphatic carbocycles. The minimum atomic E-state index is 0.345. The summed E-state index contributed by atoms with van der Waals surface area (Å²) in [6.45, 7) is 8.24. The molecule has 2 heterocycles. The maximum Gasteiger partial charge on any atom is 0.222 e. The summed E-state index contributed by atoms with van der Waals surface area (Å²) in [7, 11) is 0. The standard InChI is InChI=1S/C13H25N3O/c1-11(2)3-4-12(17)15-7-5-13(6-8-15)9-16(14)10-13/h11H,3-10,14H2,1-2H3. The predicted molar refractivity (Wildman–Crippen MR) is 68.1 cm³/mol. The minimum Gasteiger partial charge on any atom is -0.343 e. The van der Waals surface area contributed by atoms with Gasteiger partial charge in [0.1, 0.15) is 0 Å². The van der Waals surface area contributed by atoms with Gasteiger partial charge in [-0.1, -0.05) is 13.8 Å². The van der Waals surface area contributed by atoms with Gasteiger partial charge in [0.2, 0.25) is 5.91 Å². The third-order valence-electron chi connectivity index (χ3n) is 4.19. The Kier molecular flexibility index (Phi) is 3.73. The van der Waals surface area contributed by atoms with E-state index in [1.165, 1.54) is 0 Å². The molecule has 2 aliphatic heterocycles. The second-order valence-electron chi connectivity index (χ2n) is 6.22. The summed E-state index contributed by atoms with van der Waals surface area (Å²) in [4.78, 5) is 14.0. The SMILES string of the molecule is CC(C)CCC(=O)N1CCC2(CC1)CN(N)C2. The second-order valence-corrected chi connectivity index (χ2v) is 6.22. The number of nitrogens with zero attached hydrogens (tertiary/aromatic N) is 2. The Balaban J connectivity index is 1.73. The lowest BCUT2D eigenvalue weighted by Crippen LogP contribution is -2.63. The largest absolute Gasteiger partial charge is 0.343 e. The average molecular weight is 239 g/mol. The summed E-state index contributed by atoms with van der Waals surface area (Å²) in [5.74, 6) is 6.68. The van der Waals surface area contributed by atoms with Crippen LogP contribution in [0, 0.1) is 11.3 Å². The van der Waals surface area contributed by atoms with Crippen LogP contribution in [0.4, 0.5) is 0 Å². The van der Waals surface area contributed by atoms with Crippen LogP contribution in [0.25, 0.3) is 0 Å². The number of carbonyl (C=O) groups is 1. The molecule has 0 aromatic rings. The normalized spacial score (nSPS) is 24.1. The molecule has 0 atom stereocenters. The lowest BCUT2D eigenvalue weighted by molar-refractivity contribution is -0.136. The second kappa shape index (κ2) is 4.94. The molecule has 4 nitrogen and oxygen atoms in total. The molecule has 0 bridgehead atoms. The fraction of sp³-hybridized carbons (Fsp3) is 0.923. The molecule has 0 aromatic carbocycles. The van der Waals surface area contributed by atoms with Gasteiger partial charge >= 0.3 is 0 Å². The molecule has 17 heavy (non-hydrogen) atoms. The molecule has 0 aromatic heterocycles. The van der Waals surface area contributed by atoms with E-state index in [1.54, 1.807) is 0 Å². The summed E-state index contributed by atoms with van der Waals surface area (Å²) >= 11 is 0. The van der Waals surface area contributed by atoms with Gasteiger partial charge in [-0.3, -0.25) is 10.6 Å². The van der Waals surface area contributed by atoms with Gasteiger partial charge in [0.25, 0.3) is 0 Å². The van der Waals surface area contributed by atoms with Crippen LogP contribution >= 0.6 is 0 Å². The van der Waals surface area contributed by atoms with Crippen molar-refractivity contribution in [1.29, 1.82) is 0 Å². The van der Waals surface area contributed by atoms with E-state index in [0.717, 1.165) is 45.4 Å². The third-order valence-corrected chi connectivity index (χ3v) is 4.19. The van der Waals surface area contributed by atoms with Gasteiger partial charge in [0.05, 0.1) is 0 Å². The van der Waals surface area contributed by atoms with E-state index in [2.05, 4.69) is 13.8 Å². The third kappa shape index (κ3) is 2.99. The van der Waals surface area contributed by atoms with Crippen LogP contribution in [0.3, 0.4) is 0 Å². The molecule has 0 radical (unpaired) electrons. The van der Waals surface area contributed by atoms with E-state index < -0.39 is 0 Å². The van der Waals surface area contributed by atoms with Crippen molar-refractivity contribution < 1.29 is 4.79 Å². The van der Waals surface area contributed by atoms with Crippen LogP contribution < -0.4 is 5.84 Å². The van der Waals surface area contributed by atoms with Gasteiger partial charge in [-0.2, -0.15) is 0 Å². The fourth-order valence-corrected chi connectivity index (χ4v) is 2.93. The molecule has 2 rings (SSSR count). The highest BCUT2D eigenvalue weighted by Crippen LogP contribution is 2.38. The summed E-state index contributed by atoms with van der Waals surface area (Å²) in [5, 5.41) is 1.89. The minimum absolute atomic E-state index is 0.345. The van der Waals surface area contributed by atoms with Crippen LogP contribution in [-0.4, -0.2) is 42.0 Å². The van der Waals surface area contributed by atoms with Crippen molar-refractivity contribution in [2.75, 3.05) is 26.2 Å². The van der Waals surface area contributed by atoms with Gasteiger partial charge in [0.15, 0.2) is 0 Å². The number of hydrazine groups is 1. The Labute approximate surface area is 104 Å². The van der Waals surface area contributed by atoms with E-state index in [1.807, 2.05) is 9.91 Å². The summed E-state index contributed by atoms with van der Waals surface area (Å²) in [5.41, 5.74) is 0.434. The zero-order valence-electron chi connectivity index (χ0n) is 11.1. The zero-order chi connectivity index (χ0) is 12.5. The molecule has 1 amide bonds. The molecular weight excluding hydrogens is 214 g/mol. The Morgan fingerprint density at radius 1 is 1.29 bits per heavy atom. The van der Waals surface area contributed by atoms with Crippen LogP contribution in [-0.2, 0) is 4.79 Å². The number of hydrogen-bond acceptors (Lipinski definition) is 3.